The van der Waals surface area contributed by atoms with Crippen molar-refractivity contribution in [2.24, 2.45) is 17.6 Å². The number of nitrogens with one attached hydrogen (secondary N) is 1. The van der Waals surface area contributed by atoms with Crippen LogP contribution in [-0.4, -0.2) is 82.8 Å². The van der Waals surface area contributed by atoms with Crippen molar-refractivity contribution in [2.45, 2.75) is 96.9 Å². The van der Waals surface area contributed by atoms with Gasteiger partial charge >= 0.3 is 6.09 Å². The fourth-order valence-electron chi connectivity index (χ4n) is 6.13. The number of amides is 3. The number of carbonyl (C=O) groups is 3. The molecule has 0 bridgehead atoms. The number of nitrogens with two attached hydrogens (primary N) is 1. The number of piperidine rings is 1. The highest BCUT2D eigenvalue weighted by atomic mass is 16.6. The highest BCUT2D eigenvalue weighted by Gasteiger charge is 2.37. The lowest BCUT2D eigenvalue weighted by Crippen LogP contribution is -2.55. The Kier molecular flexibility index (Phi) is 13.9. The Morgan fingerprint density at radius 3 is 2.00 bits per heavy atom. The van der Waals surface area contributed by atoms with Crippen LogP contribution in [0.4, 0.5) is 4.79 Å². The van der Waals surface area contributed by atoms with Crippen LogP contribution in [0, 0.1) is 11.8 Å². The zero-order chi connectivity index (χ0) is 33.0. The van der Waals surface area contributed by atoms with Crippen LogP contribution in [0.15, 0.2) is 60.7 Å². The molecule has 1 aliphatic rings. The van der Waals surface area contributed by atoms with Crippen LogP contribution in [0.2, 0.25) is 0 Å². The van der Waals surface area contributed by atoms with Gasteiger partial charge in [-0.1, -0.05) is 80.9 Å². The molecule has 45 heavy (non-hydrogen) atoms. The van der Waals surface area contributed by atoms with Crippen molar-refractivity contribution in [3.05, 3.63) is 71.8 Å². The number of aliphatic hydroxyl groups excluding tert-OH is 1. The number of primary amides is 1. The zero-order valence-corrected chi connectivity index (χ0v) is 27.8. The van der Waals surface area contributed by atoms with Crippen LogP contribution in [0.3, 0.4) is 0 Å². The third kappa shape index (κ3) is 12.1. The van der Waals surface area contributed by atoms with E-state index in [9.17, 15) is 19.5 Å². The smallest absolute Gasteiger partial charge is 0.407 e. The van der Waals surface area contributed by atoms with Crippen LogP contribution in [0.1, 0.15) is 71.4 Å². The molecule has 3 amide bonds. The summed E-state index contributed by atoms with van der Waals surface area (Å²) < 4.78 is 5.52. The van der Waals surface area contributed by atoms with E-state index in [1.807, 2.05) is 74.5 Å². The first-order valence-corrected chi connectivity index (χ1v) is 16.4. The summed E-state index contributed by atoms with van der Waals surface area (Å²) in [5.74, 6) is -1.61. The van der Waals surface area contributed by atoms with Crippen molar-refractivity contribution in [1.82, 2.24) is 15.1 Å². The van der Waals surface area contributed by atoms with Crippen LogP contribution < -0.4 is 11.1 Å². The number of alkyl carbamates (subject to hydrolysis) is 1. The molecule has 0 aromatic heterocycles. The third-order valence-electron chi connectivity index (χ3n) is 8.31. The van der Waals surface area contributed by atoms with E-state index >= 15 is 0 Å². The summed E-state index contributed by atoms with van der Waals surface area (Å²) in [5.41, 5.74) is 7.08. The summed E-state index contributed by atoms with van der Waals surface area (Å²) in [6.45, 7) is 12.1. The molecular weight excluding hydrogens is 568 g/mol. The molecule has 2 aromatic carbocycles. The number of nitrogens with zero attached hydrogens (tertiary/aromatic N) is 2. The molecule has 9 nitrogen and oxygen atoms in total. The quantitative estimate of drug-likeness (QED) is 0.268. The lowest BCUT2D eigenvalue weighted by atomic mass is 9.87. The number of carbonyl (C=O) groups excluding carboxylic acids is 3. The van der Waals surface area contributed by atoms with Gasteiger partial charge in [0.05, 0.1) is 12.1 Å². The first kappa shape index (κ1) is 36.0. The zero-order valence-electron chi connectivity index (χ0n) is 27.8. The standard InChI is InChI=1S/C36H54N4O5/c1-26(2)32(33(37)42)40(22-21-39-19-13-8-14-20-39)34(43)29(23-27-15-9-6-10-16-27)25-31(41)30(24-28-17-11-7-12-18-28)38-35(44)45-36(3,4)5/h6-7,9-12,15-18,26,29-32,41H,8,13-14,19-25H2,1-5H3,(H2,37,42)(H,38,44). The van der Waals surface area contributed by atoms with E-state index in [-0.39, 0.29) is 18.2 Å². The predicted octanol–water partition coefficient (Wildman–Crippen LogP) is 4.56. The topological polar surface area (TPSA) is 125 Å². The maximum Gasteiger partial charge on any atom is 0.407 e. The van der Waals surface area contributed by atoms with E-state index < -0.39 is 41.7 Å². The average Bonchev–Trinajstić information content (AvgIpc) is 2.98. The van der Waals surface area contributed by atoms with Crippen molar-refractivity contribution >= 4 is 17.9 Å². The van der Waals surface area contributed by atoms with Crippen LogP contribution in [0.25, 0.3) is 0 Å². The minimum atomic E-state index is -1.08. The predicted molar refractivity (Wildman–Crippen MR) is 177 cm³/mol. The van der Waals surface area contributed by atoms with Crippen molar-refractivity contribution in [2.75, 3.05) is 26.2 Å². The maximum atomic E-state index is 14.6. The first-order chi connectivity index (χ1) is 21.3. The van der Waals surface area contributed by atoms with Gasteiger partial charge in [-0.3, -0.25) is 9.59 Å². The number of ether oxygens (including phenoxy) is 1. The molecule has 4 N–H and O–H groups in total. The van der Waals surface area contributed by atoms with E-state index in [4.69, 9.17) is 10.5 Å². The minimum Gasteiger partial charge on any atom is -0.444 e. The van der Waals surface area contributed by atoms with Gasteiger partial charge in [0.25, 0.3) is 0 Å². The SMILES string of the molecule is CC(C)C(C(N)=O)N(CCN1CCCCC1)C(=O)C(Cc1ccccc1)CC(O)C(Cc1ccccc1)NC(=O)OC(C)(C)C. The van der Waals surface area contributed by atoms with E-state index in [0.717, 1.165) is 37.1 Å². The highest BCUT2D eigenvalue weighted by molar-refractivity contribution is 5.88. The van der Waals surface area contributed by atoms with Gasteiger partial charge in [0.15, 0.2) is 0 Å². The number of benzene rings is 2. The van der Waals surface area contributed by atoms with Gasteiger partial charge in [-0.2, -0.15) is 0 Å². The summed E-state index contributed by atoms with van der Waals surface area (Å²) in [6.07, 6.45) is 2.52. The molecule has 3 rings (SSSR count). The van der Waals surface area contributed by atoms with Crippen molar-refractivity contribution in [1.29, 1.82) is 0 Å². The second-order valence-corrected chi connectivity index (χ2v) is 13.7. The van der Waals surface area contributed by atoms with Gasteiger partial charge in [0.2, 0.25) is 11.8 Å². The van der Waals surface area contributed by atoms with E-state index in [1.165, 1.54) is 6.42 Å². The maximum absolute atomic E-state index is 14.6. The Hall–Kier alpha value is -3.43. The van der Waals surface area contributed by atoms with Gasteiger partial charge < -0.3 is 30.7 Å². The number of hydrogen-bond acceptors (Lipinski definition) is 6. The molecule has 1 fully saturated rings. The van der Waals surface area contributed by atoms with E-state index in [1.54, 1.807) is 25.7 Å². The van der Waals surface area contributed by atoms with Gasteiger partial charge in [-0.15, -0.1) is 0 Å². The molecule has 9 heteroatoms. The molecule has 4 unspecified atom stereocenters. The van der Waals surface area contributed by atoms with Gasteiger partial charge in [-0.05, 0) is 83.0 Å². The molecular formula is C36H54N4O5. The second-order valence-electron chi connectivity index (χ2n) is 13.7. The lowest BCUT2D eigenvalue weighted by Gasteiger charge is -2.38. The average molecular weight is 623 g/mol. The van der Waals surface area contributed by atoms with Crippen molar-refractivity contribution in [3.63, 3.8) is 0 Å². The molecule has 1 saturated heterocycles. The Balaban J connectivity index is 1.93. The number of rotatable bonds is 15. The van der Waals surface area contributed by atoms with Gasteiger partial charge in [-0.25, -0.2) is 4.79 Å². The first-order valence-electron chi connectivity index (χ1n) is 16.4. The Labute approximate surface area is 269 Å². The van der Waals surface area contributed by atoms with Gasteiger partial charge in [0.1, 0.15) is 11.6 Å². The third-order valence-corrected chi connectivity index (χ3v) is 8.31. The Bertz CT molecular complexity index is 1190. The van der Waals surface area contributed by atoms with Gasteiger partial charge in [0, 0.05) is 19.0 Å². The second kappa shape index (κ2) is 17.3. The Morgan fingerprint density at radius 1 is 0.933 bits per heavy atom. The summed E-state index contributed by atoms with van der Waals surface area (Å²) in [7, 11) is 0. The van der Waals surface area contributed by atoms with Crippen LogP contribution in [0.5, 0.6) is 0 Å². The number of aliphatic hydroxyl groups is 1. The molecule has 0 aliphatic carbocycles. The fourth-order valence-corrected chi connectivity index (χ4v) is 6.13. The normalized spacial score (nSPS) is 16.8. The lowest BCUT2D eigenvalue weighted by molar-refractivity contribution is -0.145. The summed E-state index contributed by atoms with van der Waals surface area (Å²) in [6, 6.07) is 17.8. The van der Waals surface area contributed by atoms with E-state index in [0.29, 0.717) is 25.9 Å². The molecule has 2 aromatic rings. The molecule has 0 spiro atoms. The summed E-state index contributed by atoms with van der Waals surface area (Å²) in [4.78, 5) is 44.2. The molecule has 1 heterocycles. The Morgan fingerprint density at radius 2 is 1.49 bits per heavy atom. The largest absolute Gasteiger partial charge is 0.444 e. The van der Waals surface area contributed by atoms with Crippen LogP contribution >= 0.6 is 0 Å². The molecule has 0 radical (unpaired) electrons. The minimum absolute atomic E-state index is 0.0742. The van der Waals surface area contributed by atoms with Crippen molar-refractivity contribution < 1.29 is 24.2 Å². The summed E-state index contributed by atoms with van der Waals surface area (Å²) >= 11 is 0. The molecule has 4 atom stereocenters. The molecule has 1 aliphatic heterocycles. The van der Waals surface area contributed by atoms with Crippen molar-refractivity contribution in [3.8, 4) is 0 Å². The fraction of sp³-hybridized carbons (Fsp3) is 0.583. The number of hydrogen-bond donors (Lipinski definition) is 3. The highest BCUT2D eigenvalue weighted by Crippen LogP contribution is 2.24. The van der Waals surface area contributed by atoms with Crippen LogP contribution in [-0.2, 0) is 27.2 Å². The monoisotopic (exact) mass is 622 g/mol. The van der Waals surface area contributed by atoms with E-state index in [2.05, 4.69) is 10.2 Å². The molecule has 0 saturated carbocycles. The number of likely N-dealkylation sites (tertiary alicyclic amines) is 1. The molecule has 248 valence electrons. The summed E-state index contributed by atoms with van der Waals surface area (Å²) in [5, 5.41) is 14.6.